The van der Waals surface area contributed by atoms with E-state index in [1.807, 2.05) is 53.1 Å². The normalized spacial score (nSPS) is 14.2. The van der Waals surface area contributed by atoms with E-state index in [-0.39, 0.29) is 12.3 Å². The lowest BCUT2D eigenvalue weighted by Gasteiger charge is -2.29. The van der Waals surface area contributed by atoms with Crippen LogP contribution in [0.1, 0.15) is 17.4 Å². The zero-order valence-corrected chi connectivity index (χ0v) is 17.1. The van der Waals surface area contributed by atoms with Crippen LogP contribution in [0.3, 0.4) is 0 Å². The highest BCUT2D eigenvalue weighted by Crippen LogP contribution is 2.23. The van der Waals surface area contributed by atoms with Gasteiger partial charge in [0.1, 0.15) is 5.82 Å². The highest BCUT2D eigenvalue weighted by Gasteiger charge is 2.21. The molecular formula is C22H22N6O3. The van der Waals surface area contributed by atoms with Crippen molar-refractivity contribution in [2.45, 2.75) is 6.92 Å². The topological polar surface area (TPSA) is 86.8 Å². The molecule has 0 unspecified atom stereocenters. The molecule has 0 bridgehead atoms. The molecule has 158 valence electrons. The van der Waals surface area contributed by atoms with E-state index in [9.17, 15) is 4.79 Å². The Kier molecular flexibility index (Phi) is 5.09. The number of rotatable bonds is 5. The van der Waals surface area contributed by atoms with Crippen molar-refractivity contribution in [2.24, 2.45) is 0 Å². The molecule has 0 radical (unpaired) electrons. The van der Waals surface area contributed by atoms with Crippen molar-refractivity contribution in [3.63, 3.8) is 0 Å². The largest absolute Gasteiger partial charge is 0.461 e. The third-order valence-electron chi connectivity index (χ3n) is 5.12. The van der Waals surface area contributed by atoms with Crippen molar-refractivity contribution in [3.8, 4) is 17.1 Å². The number of carbonyl (C=O) groups excluding carboxylic acids is 1. The van der Waals surface area contributed by atoms with Gasteiger partial charge in [0.05, 0.1) is 25.5 Å². The molecule has 0 saturated carbocycles. The van der Waals surface area contributed by atoms with Crippen LogP contribution < -0.4 is 4.90 Å². The van der Waals surface area contributed by atoms with Crippen molar-refractivity contribution >= 4 is 17.6 Å². The minimum Gasteiger partial charge on any atom is -0.461 e. The Hall–Kier alpha value is -3.72. The first-order valence-corrected chi connectivity index (χ1v) is 10.2. The summed E-state index contributed by atoms with van der Waals surface area (Å²) in [4.78, 5) is 23.5. The number of benzene rings is 1. The van der Waals surface area contributed by atoms with Crippen molar-refractivity contribution < 1.29 is 14.3 Å². The molecule has 0 aliphatic carbocycles. The maximum absolute atomic E-state index is 12.2. The van der Waals surface area contributed by atoms with Crippen LogP contribution in [-0.4, -0.2) is 63.0 Å². The lowest BCUT2D eigenvalue weighted by Crippen LogP contribution is -2.37. The highest BCUT2D eigenvalue weighted by molar-refractivity contribution is 5.88. The summed E-state index contributed by atoms with van der Waals surface area (Å²) in [5.74, 6) is 1.45. The second-order valence-electron chi connectivity index (χ2n) is 7.10. The molecule has 0 atom stereocenters. The molecule has 3 aromatic heterocycles. The van der Waals surface area contributed by atoms with E-state index in [2.05, 4.69) is 14.9 Å². The van der Waals surface area contributed by atoms with E-state index in [0.29, 0.717) is 24.8 Å². The van der Waals surface area contributed by atoms with E-state index >= 15 is 0 Å². The van der Waals surface area contributed by atoms with Gasteiger partial charge >= 0.3 is 5.97 Å². The number of fused-ring (bicyclic) bond motifs is 1. The summed E-state index contributed by atoms with van der Waals surface area (Å²) in [6, 6.07) is 13.9. The summed E-state index contributed by atoms with van der Waals surface area (Å²) < 4.78 is 14.2. The summed E-state index contributed by atoms with van der Waals surface area (Å²) in [5, 5.41) is 4.70. The second kappa shape index (κ2) is 8.19. The van der Waals surface area contributed by atoms with Crippen LogP contribution >= 0.6 is 0 Å². The lowest BCUT2D eigenvalue weighted by molar-refractivity contribution is 0.0520. The molecule has 31 heavy (non-hydrogen) atoms. The SMILES string of the molecule is CCOC(=O)c1cn2c(N3CCOCC3)cc(-n3ccc(-c4ccccc4)n3)nc2n1. The van der Waals surface area contributed by atoms with E-state index < -0.39 is 5.97 Å². The minimum absolute atomic E-state index is 0.228. The van der Waals surface area contributed by atoms with Crippen molar-refractivity contribution in [1.82, 2.24) is 24.1 Å². The van der Waals surface area contributed by atoms with Gasteiger partial charge in [0.25, 0.3) is 0 Å². The van der Waals surface area contributed by atoms with Crippen LogP contribution in [0.25, 0.3) is 22.9 Å². The first-order valence-electron chi connectivity index (χ1n) is 10.2. The van der Waals surface area contributed by atoms with E-state index in [0.717, 1.165) is 30.2 Å². The van der Waals surface area contributed by atoms with Crippen molar-refractivity contribution in [1.29, 1.82) is 0 Å². The number of imidazole rings is 1. The van der Waals surface area contributed by atoms with Gasteiger partial charge in [-0.05, 0) is 13.0 Å². The molecule has 0 N–H and O–H groups in total. The van der Waals surface area contributed by atoms with Crippen LogP contribution in [0.2, 0.25) is 0 Å². The van der Waals surface area contributed by atoms with E-state index in [4.69, 9.17) is 14.6 Å². The van der Waals surface area contributed by atoms with Gasteiger partial charge in [0, 0.05) is 37.1 Å². The lowest BCUT2D eigenvalue weighted by atomic mass is 10.2. The molecule has 5 rings (SSSR count). The average molecular weight is 418 g/mol. The van der Waals surface area contributed by atoms with Crippen LogP contribution in [-0.2, 0) is 9.47 Å². The fourth-order valence-corrected chi connectivity index (χ4v) is 3.61. The molecule has 4 heterocycles. The summed E-state index contributed by atoms with van der Waals surface area (Å²) in [6.07, 6.45) is 3.55. The third kappa shape index (κ3) is 3.75. The predicted octanol–water partition coefficient (Wildman–Crippen LogP) is 2.60. The zero-order valence-electron chi connectivity index (χ0n) is 17.1. The summed E-state index contributed by atoms with van der Waals surface area (Å²) in [7, 11) is 0. The molecule has 4 aromatic rings. The van der Waals surface area contributed by atoms with Crippen LogP contribution in [0.5, 0.6) is 0 Å². The maximum atomic E-state index is 12.2. The number of nitrogens with zero attached hydrogens (tertiary/aromatic N) is 6. The minimum atomic E-state index is -0.465. The highest BCUT2D eigenvalue weighted by atomic mass is 16.5. The van der Waals surface area contributed by atoms with Gasteiger partial charge in [-0.2, -0.15) is 10.1 Å². The summed E-state index contributed by atoms with van der Waals surface area (Å²) in [5.41, 5.74) is 2.11. The monoisotopic (exact) mass is 418 g/mol. The average Bonchev–Trinajstić information content (AvgIpc) is 3.47. The van der Waals surface area contributed by atoms with Gasteiger partial charge < -0.3 is 14.4 Å². The van der Waals surface area contributed by atoms with Gasteiger partial charge in [-0.3, -0.25) is 4.40 Å². The number of esters is 1. The fourth-order valence-electron chi connectivity index (χ4n) is 3.61. The van der Waals surface area contributed by atoms with Crippen molar-refractivity contribution in [3.05, 3.63) is 60.6 Å². The molecule has 0 spiro atoms. The second-order valence-corrected chi connectivity index (χ2v) is 7.10. The first kappa shape index (κ1) is 19.3. The van der Waals surface area contributed by atoms with Gasteiger partial charge in [0.15, 0.2) is 11.5 Å². The number of hydrogen-bond acceptors (Lipinski definition) is 7. The Balaban J connectivity index is 1.60. The van der Waals surface area contributed by atoms with Crippen LogP contribution in [0.4, 0.5) is 5.82 Å². The smallest absolute Gasteiger partial charge is 0.358 e. The molecule has 1 aliphatic rings. The molecular weight excluding hydrogens is 396 g/mol. The fraction of sp³-hybridized carbons (Fsp3) is 0.273. The van der Waals surface area contributed by atoms with Gasteiger partial charge in [0.2, 0.25) is 5.78 Å². The van der Waals surface area contributed by atoms with E-state index in [1.54, 1.807) is 17.8 Å². The summed E-state index contributed by atoms with van der Waals surface area (Å²) in [6.45, 7) is 4.80. The Labute approximate surface area is 178 Å². The van der Waals surface area contributed by atoms with Crippen molar-refractivity contribution in [2.75, 3.05) is 37.8 Å². The Bertz CT molecular complexity index is 1210. The maximum Gasteiger partial charge on any atom is 0.358 e. The van der Waals surface area contributed by atoms with Crippen LogP contribution in [0.15, 0.2) is 54.9 Å². The number of carbonyl (C=O) groups is 1. The number of anilines is 1. The first-order chi connectivity index (χ1) is 15.2. The summed E-state index contributed by atoms with van der Waals surface area (Å²) >= 11 is 0. The van der Waals surface area contributed by atoms with Gasteiger partial charge in [-0.1, -0.05) is 30.3 Å². The molecule has 9 nitrogen and oxygen atoms in total. The number of morpholine rings is 1. The predicted molar refractivity (Wildman–Crippen MR) is 115 cm³/mol. The van der Waals surface area contributed by atoms with Gasteiger partial charge in [-0.15, -0.1) is 0 Å². The third-order valence-corrected chi connectivity index (χ3v) is 5.12. The Morgan fingerprint density at radius 1 is 1.13 bits per heavy atom. The Morgan fingerprint density at radius 3 is 2.71 bits per heavy atom. The number of hydrogen-bond donors (Lipinski definition) is 0. The molecule has 1 aliphatic heterocycles. The molecule has 1 saturated heterocycles. The van der Waals surface area contributed by atoms with E-state index in [1.165, 1.54) is 0 Å². The van der Waals surface area contributed by atoms with Gasteiger partial charge in [-0.25, -0.2) is 14.5 Å². The number of aromatic nitrogens is 5. The molecule has 1 fully saturated rings. The Morgan fingerprint density at radius 2 is 1.94 bits per heavy atom. The molecule has 0 amide bonds. The molecule has 9 heteroatoms. The number of ether oxygens (including phenoxy) is 2. The zero-order chi connectivity index (χ0) is 21.2. The quantitative estimate of drug-likeness (QED) is 0.461. The standard InChI is InChI=1S/C22H22N6O3/c1-2-31-21(29)18-15-27-20(26-10-12-30-13-11-26)14-19(24-22(27)23-18)28-9-8-17(25-28)16-6-4-3-5-7-16/h3-9,14-15H,2,10-13H2,1H3. The van der Waals surface area contributed by atoms with Crippen LogP contribution in [0, 0.1) is 0 Å². The molecule has 1 aromatic carbocycles.